The molecule has 3 heteroatoms. The molecule has 98 valence electrons. The number of nitrogens with zero attached hydrogens (tertiary/aromatic N) is 1. The summed E-state index contributed by atoms with van der Waals surface area (Å²) >= 11 is 1.85. The van der Waals surface area contributed by atoms with Crippen molar-refractivity contribution in [3.63, 3.8) is 0 Å². The smallest absolute Gasteiger partial charge is 0.0598 e. The van der Waals surface area contributed by atoms with Gasteiger partial charge in [-0.2, -0.15) is 0 Å². The van der Waals surface area contributed by atoms with E-state index in [9.17, 15) is 0 Å². The fourth-order valence-corrected chi connectivity index (χ4v) is 3.41. The summed E-state index contributed by atoms with van der Waals surface area (Å²) in [6, 6.07) is 5.57. The van der Waals surface area contributed by atoms with Crippen LogP contribution < -0.4 is 5.32 Å². The van der Waals surface area contributed by atoms with Gasteiger partial charge in [0.2, 0.25) is 0 Å². The van der Waals surface area contributed by atoms with Gasteiger partial charge in [-0.1, -0.05) is 12.0 Å². The van der Waals surface area contributed by atoms with E-state index in [1.165, 1.54) is 17.7 Å². The van der Waals surface area contributed by atoms with E-state index in [0.717, 1.165) is 26.1 Å². The molecule has 0 radical (unpaired) electrons. The lowest BCUT2D eigenvalue weighted by Crippen LogP contribution is -2.45. The van der Waals surface area contributed by atoms with Crippen molar-refractivity contribution in [1.82, 2.24) is 10.2 Å². The molecule has 2 heterocycles. The van der Waals surface area contributed by atoms with Gasteiger partial charge in [-0.25, -0.2) is 0 Å². The summed E-state index contributed by atoms with van der Waals surface area (Å²) in [5.74, 6) is 2.73. The second-order valence-corrected chi connectivity index (χ2v) is 6.14. The molecule has 0 spiro atoms. The van der Waals surface area contributed by atoms with Gasteiger partial charge in [0.25, 0.3) is 0 Å². The second-order valence-electron chi connectivity index (χ2n) is 5.11. The average molecular weight is 262 g/mol. The van der Waals surface area contributed by atoms with E-state index in [1.54, 1.807) is 0 Å². The predicted molar refractivity (Wildman–Crippen MR) is 78.9 cm³/mol. The molecule has 2 rings (SSSR count). The zero-order chi connectivity index (χ0) is 12.8. The Morgan fingerprint density at radius 1 is 1.56 bits per heavy atom. The number of terminal acetylenes is 1. The number of thiophene rings is 1. The third kappa shape index (κ3) is 4.13. The van der Waals surface area contributed by atoms with Crippen molar-refractivity contribution in [3.05, 3.63) is 22.4 Å². The van der Waals surface area contributed by atoms with Crippen LogP contribution in [0.5, 0.6) is 0 Å². The molecular weight excluding hydrogens is 240 g/mol. The molecule has 0 amide bonds. The first kappa shape index (κ1) is 13.6. The zero-order valence-electron chi connectivity index (χ0n) is 11.1. The van der Waals surface area contributed by atoms with E-state index in [1.807, 2.05) is 11.3 Å². The van der Waals surface area contributed by atoms with E-state index >= 15 is 0 Å². The molecule has 1 saturated heterocycles. The van der Waals surface area contributed by atoms with Crippen LogP contribution in [0, 0.1) is 12.3 Å². The number of likely N-dealkylation sites (tertiary alicyclic amines) is 1. The fourth-order valence-electron chi connectivity index (χ4n) is 2.58. The van der Waals surface area contributed by atoms with Crippen LogP contribution in [-0.2, 0) is 6.42 Å². The normalized spacial score (nSPS) is 19.6. The van der Waals surface area contributed by atoms with Crippen LogP contribution in [0.4, 0.5) is 0 Å². The van der Waals surface area contributed by atoms with Gasteiger partial charge in [0, 0.05) is 30.1 Å². The van der Waals surface area contributed by atoms with Gasteiger partial charge in [0.05, 0.1) is 6.54 Å². The highest BCUT2D eigenvalue weighted by Crippen LogP contribution is 2.14. The minimum Gasteiger partial charge on any atom is -0.311 e. The highest BCUT2D eigenvalue weighted by atomic mass is 32.1. The highest BCUT2D eigenvalue weighted by Gasteiger charge is 2.19. The lowest BCUT2D eigenvalue weighted by molar-refractivity contribution is 0.211. The Balaban J connectivity index is 1.69. The minimum absolute atomic E-state index is 0.563. The fraction of sp³-hybridized carbons (Fsp3) is 0.600. The van der Waals surface area contributed by atoms with E-state index < -0.39 is 0 Å². The van der Waals surface area contributed by atoms with Crippen LogP contribution in [0.25, 0.3) is 0 Å². The maximum Gasteiger partial charge on any atom is 0.0598 e. The molecule has 1 unspecified atom stereocenters. The van der Waals surface area contributed by atoms with E-state index in [-0.39, 0.29) is 0 Å². The molecule has 0 bridgehead atoms. The second kappa shape index (κ2) is 6.94. The van der Waals surface area contributed by atoms with Gasteiger partial charge in [0.15, 0.2) is 0 Å². The average Bonchev–Trinajstić information content (AvgIpc) is 2.84. The minimum atomic E-state index is 0.563. The van der Waals surface area contributed by atoms with Crippen LogP contribution >= 0.6 is 11.3 Å². The van der Waals surface area contributed by atoms with Crippen LogP contribution in [0.3, 0.4) is 0 Å². The van der Waals surface area contributed by atoms with E-state index in [2.05, 4.69) is 40.6 Å². The number of nitrogens with one attached hydrogen (secondary N) is 1. The summed E-state index contributed by atoms with van der Waals surface area (Å²) < 4.78 is 0. The lowest BCUT2D eigenvalue weighted by Gasteiger charge is -2.32. The van der Waals surface area contributed by atoms with Gasteiger partial charge in [-0.15, -0.1) is 17.8 Å². The number of hydrogen-bond donors (Lipinski definition) is 1. The van der Waals surface area contributed by atoms with E-state index in [0.29, 0.717) is 12.1 Å². The van der Waals surface area contributed by atoms with Crippen LogP contribution in [0.15, 0.2) is 17.5 Å². The number of piperidine rings is 1. The molecule has 2 nitrogen and oxygen atoms in total. The molecule has 1 atom stereocenters. The Hall–Kier alpha value is -0.820. The van der Waals surface area contributed by atoms with Crippen molar-refractivity contribution >= 4 is 11.3 Å². The Morgan fingerprint density at radius 3 is 2.94 bits per heavy atom. The van der Waals surface area contributed by atoms with Crippen LogP contribution in [0.2, 0.25) is 0 Å². The molecule has 1 aromatic rings. The molecule has 0 saturated carbocycles. The van der Waals surface area contributed by atoms with Crippen molar-refractivity contribution in [3.8, 4) is 12.3 Å². The summed E-state index contributed by atoms with van der Waals surface area (Å²) in [5.41, 5.74) is 0. The molecule has 1 N–H and O–H groups in total. The predicted octanol–water partition coefficient (Wildman–Crippen LogP) is 2.37. The molecule has 1 fully saturated rings. The summed E-state index contributed by atoms with van der Waals surface area (Å²) in [7, 11) is 0. The summed E-state index contributed by atoms with van der Waals surface area (Å²) in [4.78, 5) is 3.84. The third-order valence-corrected chi connectivity index (χ3v) is 4.41. The van der Waals surface area contributed by atoms with Gasteiger partial charge in [-0.3, -0.25) is 4.90 Å². The standard InChI is InChI=1S/C15H22N2S/c1-3-8-17-9-6-14(7-10-17)16-13(2)12-15-5-4-11-18-15/h1,4-5,11,13-14,16H,6-10,12H2,2H3. The largest absolute Gasteiger partial charge is 0.311 e. The Kier molecular flexibility index (Phi) is 5.25. The molecule has 1 aliphatic rings. The van der Waals surface area contributed by atoms with Gasteiger partial charge in [0.1, 0.15) is 0 Å². The molecule has 18 heavy (non-hydrogen) atoms. The number of hydrogen-bond acceptors (Lipinski definition) is 3. The van der Waals surface area contributed by atoms with Gasteiger partial charge < -0.3 is 5.32 Å². The first-order chi connectivity index (χ1) is 8.78. The SMILES string of the molecule is C#CCN1CCC(NC(C)Cc2cccs2)CC1. The summed E-state index contributed by atoms with van der Waals surface area (Å²) in [5, 5.41) is 5.90. The van der Waals surface area contributed by atoms with Crippen LogP contribution in [-0.4, -0.2) is 36.6 Å². The van der Waals surface area contributed by atoms with Crippen molar-refractivity contribution < 1.29 is 0 Å². The first-order valence-electron chi connectivity index (χ1n) is 6.72. The first-order valence-corrected chi connectivity index (χ1v) is 7.60. The zero-order valence-corrected chi connectivity index (χ0v) is 11.9. The van der Waals surface area contributed by atoms with Crippen molar-refractivity contribution in [2.45, 2.75) is 38.3 Å². The van der Waals surface area contributed by atoms with Crippen molar-refractivity contribution in [2.75, 3.05) is 19.6 Å². The summed E-state index contributed by atoms with van der Waals surface area (Å²) in [6.07, 6.45) is 8.92. The Morgan fingerprint density at radius 2 is 2.33 bits per heavy atom. The molecule has 1 aromatic heterocycles. The van der Waals surface area contributed by atoms with Crippen molar-refractivity contribution in [1.29, 1.82) is 0 Å². The Bertz CT molecular complexity index is 372. The topological polar surface area (TPSA) is 15.3 Å². The monoisotopic (exact) mass is 262 g/mol. The molecule has 0 aliphatic carbocycles. The molecule has 0 aromatic carbocycles. The Labute approximate surface area is 114 Å². The maximum atomic E-state index is 5.34. The maximum absolute atomic E-state index is 5.34. The molecule has 1 aliphatic heterocycles. The summed E-state index contributed by atoms with van der Waals surface area (Å²) in [6.45, 7) is 5.35. The lowest BCUT2D eigenvalue weighted by atomic mass is 10.0. The quantitative estimate of drug-likeness (QED) is 0.820. The van der Waals surface area contributed by atoms with Gasteiger partial charge in [-0.05, 0) is 37.6 Å². The van der Waals surface area contributed by atoms with E-state index in [4.69, 9.17) is 6.42 Å². The van der Waals surface area contributed by atoms with Gasteiger partial charge >= 0.3 is 0 Å². The number of rotatable bonds is 5. The third-order valence-electron chi connectivity index (χ3n) is 3.51. The van der Waals surface area contributed by atoms with Crippen molar-refractivity contribution in [2.24, 2.45) is 0 Å². The highest BCUT2D eigenvalue weighted by molar-refractivity contribution is 7.09. The molecular formula is C15H22N2S. The van der Waals surface area contributed by atoms with Crippen LogP contribution in [0.1, 0.15) is 24.6 Å².